The van der Waals surface area contributed by atoms with Gasteiger partial charge in [-0.1, -0.05) is 20.8 Å². The number of carbonyl (C=O) groups excluding carboxylic acids is 1. The molecule has 7 heteroatoms. The Hall–Kier alpha value is -3.19. The van der Waals surface area contributed by atoms with Gasteiger partial charge in [-0.15, -0.1) is 0 Å². The molecule has 0 fully saturated rings. The summed E-state index contributed by atoms with van der Waals surface area (Å²) in [5, 5.41) is 0. The molecule has 0 unspecified atom stereocenters. The van der Waals surface area contributed by atoms with Gasteiger partial charge in [-0.2, -0.15) is 0 Å². The van der Waals surface area contributed by atoms with E-state index >= 15 is 0 Å². The number of aromatic nitrogens is 2. The van der Waals surface area contributed by atoms with Crippen LogP contribution in [0.1, 0.15) is 86.1 Å². The number of methoxy groups -OCH3 is 1. The van der Waals surface area contributed by atoms with E-state index in [1.54, 1.807) is 0 Å². The number of nitrogens with one attached hydrogen (secondary N) is 2. The Balaban J connectivity index is 1.73. The third-order valence-corrected chi connectivity index (χ3v) is 8.88. The van der Waals surface area contributed by atoms with Crippen LogP contribution >= 0.6 is 15.9 Å². The highest BCUT2D eigenvalue weighted by molar-refractivity contribution is 9.18. The van der Waals surface area contributed by atoms with Crippen molar-refractivity contribution >= 4 is 44.4 Å². The van der Waals surface area contributed by atoms with Gasteiger partial charge in [-0.3, -0.25) is 4.99 Å². The zero-order chi connectivity index (χ0) is 28.6. The maximum atomic E-state index is 12.5. The molecular formula is C32H39BrN4O2. The summed E-state index contributed by atoms with van der Waals surface area (Å²) in [4.78, 5) is 29.4. The lowest BCUT2D eigenvalue weighted by atomic mass is 9.98. The highest BCUT2D eigenvalue weighted by atomic mass is 79.9. The quantitative estimate of drug-likeness (QED) is 0.307. The van der Waals surface area contributed by atoms with E-state index in [0.717, 1.165) is 58.9 Å². The Kier molecular flexibility index (Phi) is 8.50. The number of carbonyl (C=O) groups is 1. The number of aryl methyl sites for hydroxylation is 1. The van der Waals surface area contributed by atoms with Gasteiger partial charge in [0.05, 0.1) is 29.8 Å². The first kappa shape index (κ1) is 28.8. The fourth-order valence-electron chi connectivity index (χ4n) is 5.83. The molecule has 2 aromatic rings. The normalized spacial score (nSPS) is 17.7. The van der Waals surface area contributed by atoms with Crippen LogP contribution < -0.4 is 0 Å². The Bertz CT molecular complexity index is 1540. The molecule has 0 saturated heterocycles. The topological polar surface area (TPSA) is 82.6 Å². The predicted octanol–water partition coefficient (Wildman–Crippen LogP) is 7.79. The van der Waals surface area contributed by atoms with Crippen molar-refractivity contribution in [2.24, 2.45) is 9.98 Å². The van der Waals surface area contributed by atoms with Crippen LogP contribution in [0.5, 0.6) is 0 Å². The molecule has 6 nitrogen and oxygen atoms in total. The summed E-state index contributed by atoms with van der Waals surface area (Å²) in [6.45, 7) is 17.1. The molecule has 0 amide bonds. The fourth-order valence-corrected chi connectivity index (χ4v) is 6.22. The first-order valence-electron chi connectivity index (χ1n) is 13.7. The molecule has 0 saturated carbocycles. The number of rotatable bonds is 8. The van der Waals surface area contributed by atoms with E-state index in [1.807, 2.05) is 13.0 Å². The van der Waals surface area contributed by atoms with E-state index in [4.69, 9.17) is 9.73 Å². The van der Waals surface area contributed by atoms with E-state index < -0.39 is 0 Å². The summed E-state index contributed by atoms with van der Waals surface area (Å²) in [6, 6.07) is 0. The molecule has 0 spiro atoms. The number of allylic oxidation sites excluding steroid dienone is 3. The summed E-state index contributed by atoms with van der Waals surface area (Å²) in [7, 11) is 1.39. The van der Waals surface area contributed by atoms with Crippen molar-refractivity contribution in [2.75, 3.05) is 7.11 Å². The minimum absolute atomic E-state index is 0.386. The van der Waals surface area contributed by atoms with Gasteiger partial charge in [0.1, 0.15) is 4.62 Å². The van der Waals surface area contributed by atoms with Gasteiger partial charge >= 0.3 is 5.97 Å². The van der Waals surface area contributed by atoms with Crippen LogP contribution in [0.2, 0.25) is 0 Å². The summed E-state index contributed by atoms with van der Waals surface area (Å²) in [5.74, 6) is -0.386. The monoisotopic (exact) mass is 590 g/mol. The molecule has 0 radical (unpaired) electrons. The third kappa shape index (κ3) is 5.21. The summed E-state index contributed by atoms with van der Waals surface area (Å²) >= 11 is 3.47. The van der Waals surface area contributed by atoms with Crippen LogP contribution in [0.4, 0.5) is 0 Å². The lowest BCUT2D eigenvalue weighted by Crippen LogP contribution is -2.06. The highest BCUT2D eigenvalue weighted by Gasteiger charge is 2.27. The molecule has 0 atom stereocenters. The van der Waals surface area contributed by atoms with Crippen LogP contribution in [0.15, 0.2) is 43.7 Å². The van der Waals surface area contributed by atoms with Crippen molar-refractivity contribution in [2.45, 2.75) is 81.1 Å². The van der Waals surface area contributed by atoms with Gasteiger partial charge in [0.2, 0.25) is 0 Å². The maximum Gasteiger partial charge on any atom is 0.340 e. The molecule has 2 aliphatic rings. The number of nitrogens with zero attached hydrogens (tertiary/aromatic N) is 2. The van der Waals surface area contributed by atoms with Crippen LogP contribution in [0, 0.1) is 20.8 Å². The summed E-state index contributed by atoms with van der Waals surface area (Å²) in [6.07, 6.45) is 7.73. The van der Waals surface area contributed by atoms with Crippen molar-refractivity contribution in [3.8, 4) is 0 Å². The van der Waals surface area contributed by atoms with Gasteiger partial charge in [0, 0.05) is 29.2 Å². The molecule has 206 valence electrons. The van der Waals surface area contributed by atoms with Crippen molar-refractivity contribution < 1.29 is 9.53 Å². The average Bonchev–Trinajstić information content (AvgIpc) is 3.56. The Morgan fingerprint density at radius 1 is 0.846 bits per heavy atom. The largest absolute Gasteiger partial charge is 0.465 e. The van der Waals surface area contributed by atoms with Crippen molar-refractivity contribution in [1.29, 1.82) is 0 Å². The Morgan fingerprint density at radius 2 is 1.46 bits per heavy atom. The standard InChI is InChI=1S/C32H39BrN4O2/c1-10-21-16(4)24(34-20(21)8)13-27-22(11-2)17(5)25(35-27)14-28-23(12-3)18(6)26(36-28)15-29-30(32(38)39-9)19(7)31(33)37-29/h13,15,34,36H,10-12,14H2,1-9H3/b27-13-,29-15-. The van der Waals surface area contributed by atoms with Gasteiger partial charge in [0.25, 0.3) is 0 Å². The second-order valence-corrected chi connectivity index (χ2v) is 11.0. The van der Waals surface area contributed by atoms with Crippen molar-refractivity contribution in [1.82, 2.24) is 9.97 Å². The molecule has 2 aromatic heterocycles. The number of H-pyrrole nitrogens is 2. The van der Waals surface area contributed by atoms with E-state index in [1.165, 1.54) is 40.6 Å². The van der Waals surface area contributed by atoms with E-state index in [2.05, 4.69) is 85.4 Å². The van der Waals surface area contributed by atoms with Crippen LogP contribution in [0.25, 0.3) is 12.2 Å². The van der Waals surface area contributed by atoms with Crippen LogP contribution in [-0.2, 0) is 28.8 Å². The molecule has 0 aromatic carbocycles. The highest BCUT2D eigenvalue weighted by Crippen LogP contribution is 2.34. The molecule has 39 heavy (non-hydrogen) atoms. The molecular weight excluding hydrogens is 552 g/mol. The SMILES string of the molecule is CCC1=C(C)C(Cc2[nH]c(/C=C3\N=C(Br)C(C)=C3C(=O)OC)c(C)c2CC)=N/C1=C\c1[nH]c(C)c(CC)c1C. The Labute approximate surface area is 240 Å². The molecule has 4 heterocycles. The van der Waals surface area contributed by atoms with Crippen molar-refractivity contribution in [3.05, 3.63) is 78.7 Å². The third-order valence-electron chi connectivity index (χ3n) is 8.10. The van der Waals surface area contributed by atoms with Gasteiger partial charge in [-0.25, -0.2) is 9.79 Å². The minimum Gasteiger partial charge on any atom is -0.465 e. The molecule has 0 aliphatic carbocycles. The number of aliphatic imine (C=N–C) groups is 2. The number of ether oxygens (including phenoxy) is 1. The molecule has 2 aliphatic heterocycles. The van der Waals surface area contributed by atoms with E-state index in [0.29, 0.717) is 22.3 Å². The van der Waals surface area contributed by atoms with Crippen LogP contribution in [-0.4, -0.2) is 33.4 Å². The number of hydrogen-bond acceptors (Lipinski definition) is 4. The number of aromatic amines is 2. The predicted molar refractivity (Wildman–Crippen MR) is 166 cm³/mol. The first-order chi connectivity index (χ1) is 18.6. The Morgan fingerprint density at radius 3 is 2.05 bits per heavy atom. The number of halogens is 1. The second kappa shape index (κ2) is 11.5. The average molecular weight is 592 g/mol. The number of hydrogen-bond donors (Lipinski definition) is 2. The van der Waals surface area contributed by atoms with E-state index in [-0.39, 0.29) is 5.97 Å². The first-order valence-corrected chi connectivity index (χ1v) is 14.5. The van der Waals surface area contributed by atoms with E-state index in [9.17, 15) is 4.79 Å². The molecule has 4 rings (SSSR count). The van der Waals surface area contributed by atoms with Gasteiger partial charge < -0.3 is 14.7 Å². The summed E-state index contributed by atoms with van der Waals surface area (Å²) < 4.78 is 5.68. The zero-order valence-electron chi connectivity index (χ0n) is 24.6. The smallest absolute Gasteiger partial charge is 0.340 e. The van der Waals surface area contributed by atoms with Crippen molar-refractivity contribution in [3.63, 3.8) is 0 Å². The lowest BCUT2D eigenvalue weighted by Gasteiger charge is -2.05. The van der Waals surface area contributed by atoms with Crippen LogP contribution in [0.3, 0.4) is 0 Å². The molecule has 2 N–H and O–H groups in total. The number of esters is 1. The van der Waals surface area contributed by atoms with Gasteiger partial charge in [-0.05, 0) is 121 Å². The lowest BCUT2D eigenvalue weighted by molar-refractivity contribution is -0.135. The van der Waals surface area contributed by atoms with Gasteiger partial charge in [0.15, 0.2) is 0 Å². The maximum absolute atomic E-state index is 12.5. The minimum atomic E-state index is -0.386. The zero-order valence-corrected chi connectivity index (χ0v) is 26.2. The fraction of sp³-hybridized carbons (Fsp3) is 0.406. The summed E-state index contributed by atoms with van der Waals surface area (Å²) in [5.41, 5.74) is 16.2. The molecule has 0 bridgehead atoms. The second-order valence-electron chi connectivity index (χ2n) is 10.2.